The number of fused-ring (bicyclic) bond motifs is 1. The molecule has 2 aromatic carbocycles. The normalized spacial score (nSPS) is 10.6. The number of para-hydroxylation sites is 1. The van der Waals surface area contributed by atoms with Crippen molar-refractivity contribution in [3.05, 3.63) is 59.8 Å². The summed E-state index contributed by atoms with van der Waals surface area (Å²) in [6.07, 6.45) is 4.05. The summed E-state index contributed by atoms with van der Waals surface area (Å²) in [4.78, 5) is 0. The molecule has 0 saturated heterocycles. The van der Waals surface area contributed by atoms with Gasteiger partial charge in [0.1, 0.15) is 0 Å². The molecule has 0 aliphatic rings. The van der Waals surface area contributed by atoms with Crippen LogP contribution >= 0.6 is 0 Å². The summed E-state index contributed by atoms with van der Waals surface area (Å²) in [5.41, 5.74) is 4.13. The van der Waals surface area contributed by atoms with Gasteiger partial charge < -0.3 is 0 Å². The van der Waals surface area contributed by atoms with Gasteiger partial charge in [0.05, 0.1) is 29.0 Å². The number of aryl methyl sites for hydroxylation is 1. The lowest BCUT2D eigenvalue weighted by Gasteiger charge is -2.07. The third-order valence-corrected chi connectivity index (χ3v) is 3.44. The topological polar surface area (TPSA) is 41.6 Å². The van der Waals surface area contributed by atoms with Gasteiger partial charge in [0.25, 0.3) is 0 Å². The van der Waals surface area contributed by atoms with Crippen LogP contribution in [0.3, 0.4) is 0 Å². The summed E-state index contributed by atoms with van der Waals surface area (Å²) >= 11 is 0. The number of nitriles is 1. The van der Waals surface area contributed by atoms with Gasteiger partial charge in [-0.15, -0.1) is 0 Å². The summed E-state index contributed by atoms with van der Waals surface area (Å²) in [5, 5.41) is 14.5. The van der Waals surface area contributed by atoms with Gasteiger partial charge in [0, 0.05) is 5.39 Å². The predicted octanol–water partition coefficient (Wildman–Crippen LogP) is 3.85. The fourth-order valence-corrected chi connectivity index (χ4v) is 2.50. The molecule has 0 aliphatic carbocycles. The minimum Gasteiger partial charge on any atom is -0.233 e. The molecule has 0 N–H and O–H groups in total. The van der Waals surface area contributed by atoms with Gasteiger partial charge in [-0.25, -0.2) is 4.68 Å². The molecule has 1 aromatic heterocycles. The van der Waals surface area contributed by atoms with E-state index < -0.39 is 0 Å². The highest BCUT2D eigenvalue weighted by Crippen LogP contribution is 2.23. The summed E-state index contributed by atoms with van der Waals surface area (Å²) in [6.45, 7) is 2.18. The van der Waals surface area contributed by atoms with Gasteiger partial charge in [0.2, 0.25) is 0 Å². The molecule has 3 nitrogen and oxygen atoms in total. The molecular formula is C17H15N3. The van der Waals surface area contributed by atoms with Crippen molar-refractivity contribution < 1.29 is 0 Å². The van der Waals surface area contributed by atoms with E-state index >= 15 is 0 Å². The lowest BCUT2D eigenvalue weighted by Crippen LogP contribution is -1.98. The van der Waals surface area contributed by atoms with E-state index in [2.05, 4.69) is 36.3 Å². The minimum absolute atomic E-state index is 0.666. The van der Waals surface area contributed by atoms with Crippen molar-refractivity contribution in [2.75, 3.05) is 0 Å². The Bertz CT molecular complexity index is 776. The van der Waals surface area contributed by atoms with Crippen molar-refractivity contribution in [3.8, 4) is 11.8 Å². The van der Waals surface area contributed by atoms with Crippen LogP contribution in [0.2, 0.25) is 0 Å². The lowest BCUT2D eigenvalue weighted by molar-refractivity contribution is 0.882. The standard InChI is InChI=1S/C17H15N3/c1-2-4-14-5-3-6-15-12-19-20(17(14)15)16-9-7-13(11-18)8-10-16/h3,5-10,12H,2,4H2,1H3. The van der Waals surface area contributed by atoms with Crippen molar-refractivity contribution in [1.29, 1.82) is 5.26 Å². The number of rotatable bonds is 3. The SMILES string of the molecule is CCCc1cccc2cnn(-c3ccc(C#N)cc3)c12. The lowest BCUT2D eigenvalue weighted by atomic mass is 10.1. The Morgan fingerprint density at radius 3 is 2.65 bits per heavy atom. The van der Waals surface area contributed by atoms with Gasteiger partial charge in [-0.05, 0) is 36.2 Å². The zero-order valence-electron chi connectivity index (χ0n) is 11.4. The monoisotopic (exact) mass is 261 g/mol. The van der Waals surface area contributed by atoms with Crippen LogP contribution < -0.4 is 0 Å². The summed E-state index contributed by atoms with van der Waals surface area (Å²) in [6, 6.07) is 16.0. The highest BCUT2D eigenvalue weighted by molar-refractivity contribution is 5.83. The molecule has 0 atom stereocenters. The van der Waals surface area contributed by atoms with E-state index in [-0.39, 0.29) is 0 Å². The fourth-order valence-electron chi connectivity index (χ4n) is 2.50. The minimum atomic E-state index is 0.666. The highest BCUT2D eigenvalue weighted by atomic mass is 15.3. The van der Waals surface area contributed by atoms with Gasteiger partial charge in [-0.3, -0.25) is 0 Å². The Morgan fingerprint density at radius 1 is 1.15 bits per heavy atom. The van der Waals surface area contributed by atoms with Crippen LogP contribution in [0, 0.1) is 11.3 Å². The Hall–Kier alpha value is -2.60. The number of aromatic nitrogens is 2. The van der Waals surface area contributed by atoms with Gasteiger partial charge in [-0.2, -0.15) is 10.4 Å². The second-order valence-corrected chi connectivity index (χ2v) is 4.82. The third-order valence-electron chi connectivity index (χ3n) is 3.44. The zero-order chi connectivity index (χ0) is 13.9. The van der Waals surface area contributed by atoms with Crippen LogP contribution in [0.25, 0.3) is 16.6 Å². The van der Waals surface area contributed by atoms with Gasteiger partial charge in [-0.1, -0.05) is 31.5 Å². The molecule has 0 spiro atoms. The molecule has 3 aromatic rings. The first-order chi connectivity index (χ1) is 9.83. The van der Waals surface area contributed by atoms with E-state index in [1.807, 2.05) is 35.1 Å². The van der Waals surface area contributed by atoms with Crippen molar-refractivity contribution in [2.45, 2.75) is 19.8 Å². The Balaban J connectivity index is 2.17. The smallest absolute Gasteiger partial charge is 0.0991 e. The van der Waals surface area contributed by atoms with Crippen LogP contribution in [0.5, 0.6) is 0 Å². The van der Waals surface area contributed by atoms with E-state index in [1.54, 1.807) is 0 Å². The Labute approximate surface area is 118 Å². The number of nitrogens with zero attached hydrogens (tertiary/aromatic N) is 3. The molecule has 0 saturated carbocycles. The molecule has 0 aliphatic heterocycles. The molecule has 3 heteroatoms. The average Bonchev–Trinajstić information content (AvgIpc) is 2.93. The van der Waals surface area contributed by atoms with E-state index in [0.29, 0.717) is 5.56 Å². The second kappa shape index (κ2) is 5.18. The van der Waals surface area contributed by atoms with Crippen molar-refractivity contribution >= 4 is 10.9 Å². The molecule has 0 unspecified atom stereocenters. The van der Waals surface area contributed by atoms with Crippen LogP contribution in [0.4, 0.5) is 0 Å². The first kappa shape index (κ1) is 12.4. The van der Waals surface area contributed by atoms with Crippen molar-refractivity contribution in [1.82, 2.24) is 9.78 Å². The van der Waals surface area contributed by atoms with Crippen molar-refractivity contribution in [2.24, 2.45) is 0 Å². The maximum Gasteiger partial charge on any atom is 0.0991 e. The van der Waals surface area contributed by atoms with Crippen molar-refractivity contribution in [3.63, 3.8) is 0 Å². The predicted molar refractivity (Wildman–Crippen MR) is 79.8 cm³/mol. The number of benzene rings is 2. The number of hydrogen-bond acceptors (Lipinski definition) is 2. The molecular weight excluding hydrogens is 246 g/mol. The van der Waals surface area contributed by atoms with Crippen LogP contribution in [0.15, 0.2) is 48.7 Å². The quantitative estimate of drug-likeness (QED) is 0.718. The van der Waals surface area contributed by atoms with E-state index in [9.17, 15) is 0 Å². The summed E-state index contributed by atoms with van der Waals surface area (Å²) < 4.78 is 1.96. The van der Waals surface area contributed by atoms with E-state index in [1.165, 1.54) is 11.1 Å². The Kier molecular flexibility index (Phi) is 3.22. The van der Waals surface area contributed by atoms with Crippen LogP contribution in [0.1, 0.15) is 24.5 Å². The number of hydrogen-bond donors (Lipinski definition) is 0. The first-order valence-corrected chi connectivity index (χ1v) is 6.79. The van der Waals surface area contributed by atoms with Crippen LogP contribution in [-0.4, -0.2) is 9.78 Å². The molecule has 3 rings (SSSR count). The van der Waals surface area contributed by atoms with Crippen LogP contribution in [-0.2, 0) is 6.42 Å². The van der Waals surface area contributed by atoms with E-state index in [0.717, 1.165) is 23.9 Å². The zero-order valence-corrected chi connectivity index (χ0v) is 11.4. The largest absolute Gasteiger partial charge is 0.233 e. The molecule has 0 radical (unpaired) electrons. The Morgan fingerprint density at radius 2 is 1.95 bits per heavy atom. The molecule has 0 amide bonds. The average molecular weight is 261 g/mol. The van der Waals surface area contributed by atoms with Gasteiger partial charge in [0.15, 0.2) is 0 Å². The fraction of sp³-hybridized carbons (Fsp3) is 0.176. The molecule has 98 valence electrons. The van der Waals surface area contributed by atoms with Gasteiger partial charge >= 0.3 is 0 Å². The second-order valence-electron chi connectivity index (χ2n) is 4.82. The first-order valence-electron chi connectivity index (χ1n) is 6.79. The molecule has 0 bridgehead atoms. The molecule has 20 heavy (non-hydrogen) atoms. The summed E-state index contributed by atoms with van der Waals surface area (Å²) in [7, 11) is 0. The maximum atomic E-state index is 8.87. The van der Waals surface area contributed by atoms with E-state index in [4.69, 9.17) is 5.26 Å². The third kappa shape index (κ3) is 2.06. The highest BCUT2D eigenvalue weighted by Gasteiger charge is 2.09. The summed E-state index contributed by atoms with van der Waals surface area (Å²) in [5.74, 6) is 0. The maximum absolute atomic E-state index is 8.87. The molecule has 1 heterocycles. The molecule has 0 fully saturated rings.